The summed E-state index contributed by atoms with van der Waals surface area (Å²) in [7, 11) is 5.16. The standard InChI is InChI=1S/C23H25N5O3/c1-13-17-12-28(3)10-7-15(17)20(22(29)25-8-9-26-23(30)24-2)21-19(13)16-11-14(31-4)5-6-18(16)27-21/h5-7,10-12H,8-9H2,1-4H3,(H3,24,25,26,29,30)/p+1. The van der Waals surface area contributed by atoms with Gasteiger partial charge in [-0.05, 0) is 30.7 Å². The molecule has 2 heterocycles. The van der Waals surface area contributed by atoms with Gasteiger partial charge >= 0.3 is 6.03 Å². The van der Waals surface area contributed by atoms with Crippen molar-refractivity contribution in [3.05, 3.63) is 47.8 Å². The van der Waals surface area contributed by atoms with Gasteiger partial charge in [0.15, 0.2) is 12.4 Å². The molecular weight excluding hydrogens is 394 g/mol. The first-order valence-corrected chi connectivity index (χ1v) is 10.1. The first-order valence-electron chi connectivity index (χ1n) is 10.1. The Kier molecular flexibility index (Phi) is 5.37. The van der Waals surface area contributed by atoms with Crippen molar-refractivity contribution in [1.82, 2.24) is 20.9 Å². The maximum absolute atomic E-state index is 13.3. The predicted molar refractivity (Wildman–Crippen MR) is 121 cm³/mol. The van der Waals surface area contributed by atoms with Crippen LogP contribution in [-0.4, -0.2) is 44.2 Å². The molecule has 3 amide bonds. The monoisotopic (exact) mass is 420 g/mol. The summed E-state index contributed by atoms with van der Waals surface area (Å²) in [5, 5.41) is 12.0. The summed E-state index contributed by atoms with van der Waals surface area (Å²) in [6.45, 7) is 2.72. The summed E-state index contributed by atoms with van der Waals surface area (Å²) in [6.07, 6.45) is 3.97. The number of rotatable bonds is 5. The summed E-state index contributed by atoms with van der Waals surface area (Å²) in [5.41, 5.74) is 3.41. The van der Waals surface area contributed by atoms with Crippen molar-refractivity contribution in [2.45, 2.75) is 6.92 Å². The van der Waals surface area contributed by atoms with Crippen LogP contribution in [0.3, 0.4) is 0 Å². The number of aromatic nitrogens is 2. The molecule has 4 aromatic rings. The van der Waals surface area contributed by atoms with Gasteiger partial charge in [0.2, 0.25) is 0 Å². The number of pyridine rings is 1. The van der Waals surface area contributed by atoms with E-state index in [0.717, 1.165) is 43.9 Å². The first kappa shape index (κ1) is 20.5. The van der Waals surface area contributed by atoms with E-state index >= 15 is 0 Å². The number of fused-ring (bicyclic) bond motifs is 4. The molecule has 0 atom stereocenters. The number of nitrogens with one attached hydrogen (secondary N) is 4. The molecule has 2 aromatic carbocycles. The minimum absolute atomic E-state index is 0.193. The molecule has 0 saturated heterocycles. The minimum atomic E-state index is -0.283. The average Bonchev–Trinajstić information content (AvgIpc) is 3.15. The largest absolute Gasteiger partial charge is 0.497 e. The molecule has 0 saturated carbocycles. The number of hydrogen-bond acceptors (Lipinski definition) is 3. The Morgan fingerprint density at radius 3 is 2.61 bits per heavy atom. The van der Waals surface area contributed by atoms with E-state index in [1.165, 1.54) is 0 Å². The quantitative estimate of drug-likeness (QED) is 0.294. The molecule has 8 heteroatoms. The van der Waals surface area contributed by atoms with Crippen LogP contribution < -0.4 is 25.3 Å². The third-order valence-corrected chi connectivity index (χ3v) is 5.55. The summed E-state index contributed by atoms with van der Waals surface area (Å²) in [4.78, 5) is 28.1. The topological polar surface area (TPSA) is 99.1 Å². The minimum Gasteiger partial charge on any atom is -0.497 e. The van der Waals surface area contributed by atoms with Gasteiger partial charge < -0.3 is 25.7 Å². The fourth-order valence-electron chi connectivity index (χ4n) is 4.02. The van der Waals surface area contributed by atoms with E-state index in [1.807, 2.05) is 48.3 Å². The predicted octanol–water partition coefficient (Wildman–Crippen LogP) is 2.27. The number of hydrogen-bond donors (Lipinski definition) is 4. The number of aryl methyl sites for hydroxylation is 2. The number of ether oxygens (including phenoxy) is 1. The average molecular weight is 420 g/mol. The van der Waals surface area contributed by atoms with Crippen molar-refractivity contribution in [1.29, 1.82) is 0 Å². The summed E-state index contributed by atoms with van der Waals surface area (Å²) < 4.78 is 7.40. The molecule has 31 heavy (non-hydrogen) atoms. The van der Waals surface area contributed by atoms with E-state index in [4.69, 9.17) is 4.74 Å². The van der Waals surface area contributed by atoms with Crippen molar-refractivity contribution >= 4 is 44.5 Å². The Morgan fingerprint density at radius 1 is 1.10 bits per heavy atom. The van der Waals surface area contributed by atoms with Crippen LogP contribution in [-0.2, 0) is 7.05 Å². The Labute approximate surface area is 179 Å². The van der Waals surface area contributed by atoms with Gasteiger partial charge in [0.05, 0.1) is 23.6 Å². The van der Waals surface area contributed by atoms with Crippen LogP contribution in [0.15, 0.2) is 36.7 Å². The van der Waals surface area contributed by atoms with E-state index < -0.39 is 0 Å². The van der Waals surface area contributed by atoms with Gasteiger partial charge in [-0.1, -0.05) is 0 Å². The van der Waals surface area contributed by atoms with Gasteiger partial charge in [-0.3, -0.25) is 4.79 Å². The SMILES string of the molecule is CNC(=O)NCCNC(=O)c1c2cc[n+](C)cc2c(C)c2c1[nH]c1ccc(OC)cc12. The zero-order valence-corrected chi connectivity index (χ0v) is 18.1. The Bertz CT molecular complexity index is 1330. The molecule has 2 aromatic heterocycles. The van der Waals surface area contributed by atoms with Gasteiger partial charge in [-0.25, -0.2) is 9.36 Å². The van der Waals surface area contributed by atoms with Crippen molar-refractivity contribution in [2.75, 3.05) is 27.2 Å². The van der Waals surface area contributed by atoms with Crippen molar-refractivity contribution in [3.8, 4) is 5.75 Å². The molecule has 0 radical (unpaired) electrons. The smallest absolute Gasteiger partial charge is 0.314 e. The molecule has 8 nitrogen and oxygen atoms in total. The maximum atomic E-state index is 13.3. The molecule has 0 aliphatic rings. The maximum Gasteiger partial charge on any atom is 0.314 e. The Hall–Kier alpha value is -3.81. The number of aromatic amines is 1. The second-order valence-corrected chi connectivity index (χ2v) is 7.49. The molecule has 4 rings (SSSR count). The van der Waals surface area contributed by atoms with Gasteiger partial charge in [0, 0.05) is 47.9 Å². The lowest BCUT2D eigenvalue weighted by molar-refractivity contribution is -0.670. The van der Waals surface area contributed by atoms with E-state index in [9.17, 15) is 9.59 Å². The van der Waals surface area contributed by atoms with Crippen molar-refractivity contribution < 1.29 is 18.9 Å². The number of nitrogens with zero attached hydrogens (tertiary/aromatic N) is 1. The third-order valence-electron chi connectivity index (χ3n) is 5.55. The van der Waals surface area contributed by atoms with Gasteiger partial charge in [-0.2, -0.15) is 0 Å². The van der Waals surface area contributed by atoms with Gasteiger partial charge in [0.25, 0.3) is 5.91 Å². The van der Waals surface area contributed by atoms with Gasteiger partial charge in [-0.15, -0.1) is 0 Å². The highest BCUT2D eigenvalue weighted by molar-refractivity contribution is 6.24. The highest BCUT2D eigenvalue weighted by Gasteiger charge is 2.22. The molecule has 0 fully saturated rings. The Balaban J connectivity index is 1.88. The second kappa shape index (κ2) is 8.14. The number of carbonyl (C=O) groups excluding carboxylic acids is 2. The highest BCUT2D eigenvalue weighted by Crippen LogP contribution is 2.37. The molecule has 0 unspecified atom stereocenters. The fourth-order valence-corrected chi connectivity index (χ4v) is 4.02. The number of urea groups is 1. The number of benzene rings is 2. The lowest BCUT2D eigenvalue weighted by atomic mass is 9.95. The van der Waals surface area contributed by atoms with Crippen LogP contribution in [0.25, 0.3) is 32.6 Å². The zero-order chi connectivity index (χ0) is 22.1. The summed E-state index contributed by atoms with van der Waals surface area (Å²) >= 11 is 0. The highest BCUT2D eigenvalue weighted by atomic mass is 16.5. The van der Waals surface area contributed by atoms with E-state index in [2.05, 4.69) is 27.9 Å². The van der Waals surface area contributed by atoms with Crippen LogP contribution in [0.5, 0.6) is 5.75 Å². The molecule has 0 aliphatic heterocycles. The van der Waals surface area contributed by atoms with E-state index in [1.54, 1.807) is 14.2 Å². The number of carbonyl (C=O) groups is 2. The molecule has 0 spiro atoms. The third kappa shape index (κ3) is 3.61. The van der Waals surface area contributed by atoms with E-state index in [0.29, 0.717) is 18.7 Å². The first-order chi connectivity index (χ1) is 14.9. The number of H-pyrrole nitrogens is 1. The van der Waals surface area contributed by atoms with Crippen LogP contribution in [0, 0.1) is 6.92 Å². The molecule has 0 aliphatic carbocycles. The molecular formula is C23H26N5O3+. The van der Waals surface area contributed by atoms with Crippen LogP contribution in [0.4, 0.5) is 4.79 Å². The van der Waals surface area contributed by atoms with Gasteiger partial charge in [0.1, 0.15) is 12.8 Å². The van der Waals surface area contributed by atoms with Crippen LogP contribution >= 0.6 is 0 Å². The lowest BCUT2D eigenvalue weighted by Crippen LogP contribution is -2.38. The summed E-state index contributed by atoms with van der Waals surface area (Å²) in [6, 6.07) is 7.54. The number of amides is 3. The molecule has 0 bridgehead atoms. The zero-order valence-electron chi connectivity index (χ0n) is 18.1. The fraction of sp³-hybridized carbons (Fsp3) is 0.261. The van der Waals surface area contributed by atoms with E-state index in [-0.39, 0.29) is 11.9 Å². The van der Waals surface area contributed by atoms with Crippen LogP contribution in [0.1, 0.15) is 15.9 Å². The molecule has 160 valence electrons. The lowest BCUT2D eigenvalue weighted by Gasteiger charge is -2.12. The second-order valence-electron chi connectivity index (χ2n) is 7.49. The van der Waals surface area contributed by atoms with Crippen molar-refractivity contribution in [3.63, 3.8) is 0 Å². The molecule has 4 N–H and O–H groups in total. The Morgan fingerprint density at radius 2 is 1.87 bits per heavy atom. The number of methoxy groups -OCH3 is 1. The normalized spacial score (nSPS) is 11.1. The van der Waals surface area contributed by atoms with Crippen molar-refractivity contribution in [2.24, 2.45) is 7.05 Å². The summed E-state index contributed by atoms with van der Waals surface area (Å²) in [5.74, 6) is 0.568. The van der Waals surface area contributed by atoms with Crippen LogP contribution in [0.2, 0.25) is 0 Å².